The maximum Gasteiger partial charge on any atom is 0.435 e. The topological polar surface area (TPSA) is 191 Å². The summed E-state index contributed by atoms with van der Waals surface area (Å²) in [6, 6.07) is 57.9. The lowest BCUT2D eigenvalue weighted by Crippen LogP contribution is -2.21. The smallest absolute Gasteiger partial charge is 0.345 e. The molecule has 5 amide bonds. The third kappa shape index (κ3) is 25.6. The van der Waals surface area contributed by atoms with Crippen LogP contribution in [0.4, 0.5) is 79.0 Å². The molecular weight excluding hydrogens is 1730 g/mol. The van der Waals surface area contributed by atoms with Gasteiger partial charge in [0.2, 0.25) is 0 Å². The first-order valence-electron chi connectivity index (χ1n) is 39.0. The Hall–Kier alpha value is -14.1. The van der Waals surface area contributed by atoms with Crippen molar-refractivity contribution < 1.29 is 103 Å². The van der Waals surface area contributed by atoms with Crippen molar-refractivity contribution in [3.63, 3.8) is 0 Å². The molecule has 0 aliphatic heterocycles. The zero-order valence-electron chi connectivity index (χ0n) is 71.1. The van der Waals surface area contributed by atoms with Crippen LogP contribution in [0.5, 0.6) is 0 Å². The second kappa shape index (κ2) is 41.1. The van der Waals surface area contributed by atoms with Gasteiger partial charge < -0.3 is 24.5 Å². The molecule has 0 spiro atoms. The van der Waals surface area contributed by atoms with Crippen LogP contribution in [0, 0.1) is 0 Å². The molecule has 0 atom stereocenters. The Morgan fingerprint density at radius 1 is 0.279 bits per heavy atom. The number of hydrogen-bond acceptors (Lipinski definition) is 10. The SMILES string of the molecule is CCCn1nc(-c2ccc(C(=O)N(C)C)cc2)cc1C(F)(F)F.CCCn1nc(C(F)(F)F)cc1-c1ccc(C(=O)N(C)C)cc1.CN(C)C(=O)c1ccc(-c2cc(C(F)(F)F)nn2-c2ccc(C(F)(F)F)cc2)cc1.CN(C)C(=O)c1ccc(-c2cc(C(F)(F)F)nn2-c2ccccc2)cc1.CN(C)C(=O)c1ccc(-c2cc(C(F)(F)F)nn2Cc2ccccc2)cc1. The summed E-state index contributed by atoms with van der Waals surface area (Å²) in [5.41, 5.74) is 1.75. The first-order chi connectivity index (χ1) is 60.4. The Morgan fingerprint density at radius 2 is 0.558 bits per heavy atom. The Bertz CT molecular complexity index is 5950. The number of hydrogen-bond donors (Lipinski definition) is 0. The number of halogens is 18. The van der Waals surface area contributed by atoms with Gasteiger partial charge in [-0.25, -0.2) is 9.36 Å². The fourth-order valence-corrected chi connectivity index (χ4v) is 12.4. The number of alkyl halides is 18. The highest BCUT2D eigenvalue weighted by molar-refractivity contribution is 5.97. The molecule has 0 saturated heterocycles. The molecule has 5 heterocycles. The third-order valence-corrected chi connectivity index (χ3v) is 18.9. The van der Waals surface area contributed by atoms with Gasteiger partial charge in [-0.2, -0.15) is 105 Å². The molecule has 0 bridgehead atoms. The van der Waals surface area contributed by atoms with Gasteiger partial charge in [0, 0.05) is 128 Å². The quantitative estimate of drug-likeness (QED) is 0.0747. The van der Waals surface area contributed by atoms with E-state index in [-0.39, 0.29) is 59.7 Å². The van der Waals surface area contributed by atoms with Crippen LogP contribution in [-0.4, -0.2) is 173 Å². The Kier molecular flexibility index (Phi) is 31.5. The molecule has 0 aliphatic carbocycles. The van der Waals surface area contributed by atoms with Crippen molar-refractivity contribution in [3.05, 3.63) is 304 Å². The fraction of sp³-hybridized carbons (Fsp3) is 0.253. The highest BCUT2D eigenvalue weighted by Gasteiger charge is 2.40. The van der Waals surface area contributed by atoms with Crippen molar-refractivity contribution in [2.75, 3.05) is 70.5 Å². The lowest BCUT2D eigenvalue weighted by Gasteiger charge is -2.12. The van der Waals surface area contributed by atoms with E-state index < -0.39 is 71.1 Å². The van der Waals surface area contributed by atoms with E-state index in [0.29, 0.717) is 97.8 Å². The molecule has 38 heteroatoms. The molecule has 680 valence electrons. The van der Waals surface area contributed by atoms with Gasteiger partial charge in [-0.15, -0.1) is 0 Å². The lowest BCUT2D eigenvalue weighted by atomic mass is 10.1. The van der Waals surface area contributed by atoms with Gasteiger partial charge in [-0.3, -0.25) is 38.0 Å². The maximum atomic E-state index is 13.2. The van der Waals surface area contributed by atoms with Gasteiger partial charge in [0.1, 0.15) is 5.69 Å². The molecular formula is C91H85F18N15O5. The summed E-state index contributed by atoms with van der Waals surface area (Å²) < 4.78 is 241. The average Bonchev–Trinajstić information content (AvgIpc) is 1.65. The molecule has 0 N–H and O–H groups in total. The van der Waals surface area contributed by atoms with Gasteiger partial charge in [-0.1, -0.05) is 123 Å². The summed E-state index contributed by atoms with van der Waals surface area (Å²) in [6.07, 6.45) is -26.1. The van der Waals surface area contributed by atoms with E-state index in [1.807, 2.05) is 37.3 Å². The van der Waals surface area contributed by atoms with E-state index in [2.05, 4.69) is 25.5 Å². The largest absolute Gasteiger partial charge is 0.435 e. The van der Waals surface area contributed by atoms with Gasteiger partial charge in [0.25, 0.3) is 29.5 Å². The lowest BCUT2D eigenvalue weighted by molar-refractivity contribution is -0.144. The van der Waals surface area contributed by atoms with Gasteiger partial charge >= 0.3 is 37.1 Å². The molecule has 0 saturated carbocycles. The summed E-state index contributed by atoms with van der Waals surface area (Å²) in [7, 11) is 16.2. The highest BCUT2D eigenvalue weighted by Crippen LogP contribution is 2.40. The van der Waals surface area contributed by atoms with Gasteiger partial charge in [0.15, 0.2) is 22.8 Å². The van der Waals surface area contributed by atoms with E-state index >= 15 is 0 Å². The fourth-order valence-electron chi connectivity index (χ4n) is 12.4. The van der Waals surface area contributed by atoms with Gasteiger partial charge in [0.05, 0.1) is 52.0 Å². The van der Waals surface area contributed by atoms with E-state index in [1.165, 1.54) is 62.8 Å². The molecule has 0 aliphatic rings. The molecule has 5 aromatic heterocycles. The summed E-state index contributed by atoms with van der Waals surface area (Å²) >= 11 is 0. The minimum absolute atomic E-state index is 0.0194. The normalized spacial score (nSPS) is 11.6. The van der Waals surface area contributed by atoms with E-state index in [0.717, 1.165) is 69.5 Å². The van der Waals surface area contributed by atoms with Crippen molar-refractivity contribution in [3.8, 4) is 67.7 Å². The van der Waals surface area contributed by atoms with Crippen molar-refractivity contribution in [1.29, 1.82) is 0 Å². The third-order valence-electron chi connectivity index (χ3n) is 18.9. The predicted molar refractivity (Wildman–Crippen MR) is 447 cm³/mol. The highest BCUT2D eigenvalue weighted by atomic mass is 19.4. The molecule has 129 heavy (non-hydrogen) atoms. The van der Waals surface area contributed by atoms with Crippen LogP contribution in [0.1, 0.15) is 118 Å². The monoisotopic (exact) mass is 1810 g/mol. The summed E-state index contributed by atoms with van der Waals surface area (Å²) in [5, 5.41) is 18.7. The second-order valence-corrected chi connectivity index (χ2v) is 29.7. The van der Waals surface area contributed by atoms with Crippen LogP contribution in [-0.2, 0) is 56.7 Å². The van der Waals surface area contributed by atoms with E-state index in [4.69, 9.17) is 0 Å². The number of para-hydroxylation sites is 1. The second-order valence-electron chi connectivity index (χ2n) is 29.7. The molecule has 20 nitrogen and oxygen atoms in total. The molecule has 0 fully saturated rings. The van der Waals surface area contributed by atoms with Crippen LogP contribution in [0.25, 0.3) is 67.7 Å². The zero-order chi connectivity index (χ0) is 95.2. The number of aromatic nitrogens is 10. The maximum absolute atomic E-state index is 13.2. The number of rotatable bonds is 18. The number of benzene rings is 8. The van der Waals surface area contributed by atoms with Crippen molar-refractivity contribution >= 4 is 29.5 Å². The van der Waals surface area contributed by atoms with Crippen LogP contribution in [0.2, 0.25) is 0 Å². The number of carbonyl (C=O) groups is 5. The predicted octanol–water partition coefficient (Wildman–Crippen LogP) is 21.2. The Labute approximate surface area is 728 Å². The molecule has 0 radical (unpaired) electrons. The van der Waals surface area contributed by atoms with Crippen molar-refractivity contribution in [2.24, 2.45) is 0 Å². The molecule has 8 aromatic carbocycles. The van der Waals surface area contributed by atoms with Crippen LogP contribution in [0.3, 0.4) is 0 Å². The summed E-state index contributed by atoms with van der Waals surface area (Å²) in [6.45, 7) is 4.47. The standard InChI is InChI=1S/C20H15F6N3O.C20H18F3N3O.C19H16F3N3O.2C16H18F3N3O/c1-28(2)18(30)13-5-3-12(4-6-13)16-11-17(20(24,25)26)27-29(16)15-9-7-14(8-10-15)19(21,22)23;1-25(2)19(27)16-10-8-15(9-11-16)17-12-18(20(21,22)23)24-26(17)13-14-6-4-3-5-7-14;1-24(2)18(26)14-10-8-13(9-11-14)16-12-17(19(20,21)22)23-25(16)15-6-4-3-5-7-15;1-4-9-22-13(10-14(20-22)16(17,18)19)11-5-7-12(8-6-11)15(23)21(2)3;1-4-9-22-14(16(17,18)19)10-13(20-22)11-5-7-12(8-6-11)15(23)21(2)3/h3-11H,1-2H3;3-12H,13H2,1-2H3;3-12H,1-2H3;2*5-8,10H,4,9H2,1-3H3. The number of aryl methyl sites for hydroxylation is 2. The molecule has 0 unspecified atom stereocenters. The number of carbonyl (C=O) groups excluding carboxylic acids is 5. The van der Waals surface area contributed by atoms with Crippen LogP contribution in [0.15, 0.2) is 237 Å². The number of nitrogens with zero attached hydrogens (tertiary/aromatic N) is 15. The van der Waals surface area contributed by atoms with Gasteiger partial charge in [-0.05, 0) is 157 Å². The van der Waals surface area contributed by atoms with Crippen molar-refractivity contribution in [2.45, 2.75) is 83.4 Å². The molecule has 13 rings (SSSR count). The minimum atomic E-state index is -4.74. The van der Waals surface area contributed by atoms with Crippen LogP contribution >= 0.6 is 0 Å². The number of amides is 5. The molecule has 13 aromatic rings. The summed E-state index contributed by atoms with van der Waals surface area (Å²) in [4.78, 5) is 66.8. The summed E-state index contributed by atoms with van der Waals surface area (Å²) in [5.74, 6) is -0.952. The first-order valence-corrected chi connectivity index (χ1v) is 39.0. The first kappa shape index (κ1) is 98.7. The Morgan fingerprint density at radius 3 is 0.868 bits per heavy atom. The Balaban J connectivity index is 0.000000183. The van der Waals surface area contributed by atoms with E-state index in [1.54, 1.807) is 205 Å². The van der Waals surface area contributed by atoms with Crippen molar-refractivity contribution in [1.82, 2.24) is 73.4 Å². The zero-order valence-corrected chi connectivity index (χ0v) is 71.1. The van der Waals surface area contributed by atoms with E-state index in [9.17, 15) is 103 Å². The average molecular weight is 1810 g/mol. The minimum Gasteiger partial charge on any atom is -0.345 e. The van der Waals surface area contributed by atoms with Crippen LogP contribution < -0.4 is 0 Å².